The minimum atomic E-state index is -3.92. The highest BCUT2D eigenvalue weighted by atomic mass is 32.2. The molecule has 0 atom stereocenters. The van der Waals surface area contributed by atoms with Crippen LogP contribution in [-0.4, -0.2) is 71.8 Å². The maximum Gasteiger partial charge on any atom is 0.338 e. The predicted molar refractivity (Wildman–Crippen MR) is 117 cm³/mol. The summed E-state index contributed by atoms with van der Waals surface area (Å²) >= 11 is 0. The number of nitrogens with one attached hydrogen (secondary N) is 1. The molecule has 32 heavy (non-hydrogen) atoms. The highest BCUT2D eigenvalue weighted by molar-refractivity contribution is 7.89. The Balaban J connectivity index is 1.55. The molecule has 0 bridgehead atoms. The van der Waals surface area contributed by atoms with Crippen LogP contribution in [0.15, 0.2) is 53.4 Å². The number of nitrogens with zero attached hydrogens (tertiary/aromatic N) is 2. The van der Waals surface area contributed by atoms with Crippen molar-refractivity contribution in [3.63, 3.8) is 0 Å². The van der Waals surface area contributed by atoms with Gasteiger partial charge in [-0.05, 0) is 42.5 Å². The number of hydroxylamine groups is 1. The van der Waals surface area contributed by atoms with Gasteiger partial charge in [0, 0.05) is 31.5 Å². The summed E-state index contributed by atoms with van der Waals surface area (Å²) in [7, 11) is -1.47. The van der Waals surface area contributed by atoms with Gasteiger partial charge in [0.15, 0.2) is 6.61 Å². The Morgan fingerprint density at radius 2 is 1.81 bits per heavy atom. The van der Waals surface area contributed by atoms with Crippen LogP contribution in [0, 0.1) is 0 Å². The molecule has 1 fully saturated rings. The van der Waals surface area contributed by atoms with Crippen LogP contribution in [0.3, 0.4) is 0 Å². The van der Waals surface area contributed by atoms with E-state index in [2.05, 4.69) is 10.2 Å². The normalized spacial score (nSPS) is 14.3. The molecule has 1 N–H and O–H groups in total. The Kier molecular flexibility index (Phi) is 7.80. The van der Waals surface area contributed by atoms with Crippen molar-refractivity contribution in [2.24, 2.45) is 0 Å². The van der Waals surface area contributed by atoms with Crippen LogP contribution in [0.1, 0.15) is 10.4 Å². The molecular weight excluding hydrogens is 438 g/mol. The molecule has 0 radical (unpaired) electrons. The van der Waals surface area contributed by atoms with E-state index >= 15 is 0 Å². The largest absolute Gasteiger partial charge is 0.452 e. The van der Waals surface area contributed by atoms with Crippen molar-refractivity contribution < 1.29 is 32.3 Å². The number of hydrogen-bond acceptors (Lipinski definition) is 8. The lowest BCUT2D eigenvalue weighted by molar-refractivity contribution is -0.119. The van der Waals surface area contributed by atoms with Crippen LogP contribution in [0.5, 0.6) is 0 Å². The predicted octanol–water partition coefficient (Wildman–Crippen LogP) is 1.50. The van der Waals surface area contributed by atoms with Crippen molar-refractivity contribution >= 4 is 33.3 Å². The molecule has 0 aromatic heterocycles. The number of sulfonamides is 1. The number of morpholine rings is 1. The molecule has 172 valence electrons. The minimum absolute atomic E-state index is 0.00163. The number of carbonyl (C=O) groups is 2. The molecule has 11 heteroatoms. The Hall–Kier alpha value is -2.99. The molecule has 1 heterocycles. The van der Waals surface area contributed by atoms with Crippen molar-refractivity contribution in [3.8, 4) is 0 Å². The van der Waals surface area contributed by atoms with Gasteiger partial charge in [-0.3, -0.25) is 9.63 Å². The van der Waals surface area contributed by atoms with Crippen molar-refractivity contribution in [3.05, 3.63) is 54.1 Å². The van der Waals surface area contributed by atoms with Gasteiger partial charge < -0.3 is 19.7 Å². The van der Waals surface area contributed by atoms with E-state index in [4.69, 9.17) is 14.3 Å². The van der Waals surface area contributed by atoms with E-state index in [-0.39, 0.29) is 10.5 Å². The monoisotopic (exact) mass is 463 g/mol. The number of esters is 1. The van der Waals surface area contributed by atoms with Crippen molar-refractivity contribution in [2.45, 2.75) is 4.90 Å². The highest BCUT2D eigenvalue weighted by Gasteiger charge is 2.22. The molecule has 2 aromatic carbocycles. The molecule has 1 aliphatic rings. The van der Waals surface area contributed by atoms with Gasteiger partial charge in [-0.25, -0.2) is 13.2 Å². The second-order valence-electron chi connectivity index (χ2n) is 6.90. The standard InChI is InChI=1S/C21H25N3O7S/c1-23(29-2)32(27,28)19-5-3-4-16(14-19)21(26)31-15-20(25)22-17-6-8-18(9-7-17)24-10-12-30-13-11-24/h3-9,14H,10-13,15H2,1-2H3,(H,22,25). The van der Waals surface area contributed by atoms with Gasteiger partial charge in [0.1, 0.15) is 0 Å². The number of ether oxygens (including phenoxy) is 2. The third-order valence-electron chi connectivity index (χ3n) is 4.82. The Labute approximate surface area is 186 Å². The van der Waals surface area contributed by atoms with Gasteiger partial charge in [0.2, 0.25) is 0 Å². The summed E-state index contributed by atoms with van der Waals surface area (Å²) in [5.41, 5.74) is 1.60. The summed E-state index contributed by atoms with van der Waals surface area (Å²) in [6.45, 7) is 2.47. The number of benzene rings is 2. The topological polar surface area (TPSA) is 114 Å². The second-order valence-corrected chi connectivity index (χ2v) is 8.83. The van der Waals surface area contributed by atoms with Crippen LogP contribution in [0.4, 0.5) is 11.4 Å². The summed E-state index contributed by atoms with van der Waals surface area (Å²) in [6, 6.07) is 12.6. The molecule has 1 saturated heterocycles. The third kappa shape index (κ3) is 5.82. The summed E-state index contributed by atoms with van der Waals surface area (Å²) in [6.07, 6.45) is 0. The third-order valence-corrected chi connectivity index (χ3v) is 6.50. The molecule has 1 amide bonds. The molecule has 1 aliphatic heterocycles. The van der Waals surface area contributed by atoms with Gasteiger partial charge in [0.05, 0.1) is 30.8 Å². The zero-order valence-corrected chi connectivity index (χ0v) is 18.6. The number of amides is 1. The van der Waals surface area contributed by atoms with Gasteiger partial charge in [-0.15, -0.1) is 0 Å². The fraction of sp³-hybridized carbons (Fsp3) is 0.333. The van der Waals surface area contributed by atoms with Crippen LogP contribution >= 0.6 is 0 Å². The summed E-state index contributed by atoms with van der Waals surface area (Å²) in [4.78, 5) is 31.2. The number of anilines is 2. The van der Waals surface area contributed by atoms with Gasteiger partial charge in [-0.2, -0.15) is 0 Å². The zero-order chi connectivity index (χ0) is 23.1. The number of rotatable bonds is 8. The van der Waals surface area contributed by atoms with Crippen LogP contribution in [0.25, 0.3) is 0 Å². The number of carbonyl (C=O) groups excluding carboxylic acids is 2. The van der Waals surface area contributed by atoms with E-state index in [1.165, 1.54) is 32.4 Å². The van der Waals surface area contributed by atoms with Crippen LogP contribution in [0.2, 0.25) is 0 Å². The van der Waals surface area contributed by atoms with E-state index in [1.54, 1.807) is 12.1 Å². The van der Waals surface area contributed by atoms with Crippen LogP contribution in [-0.2, 0) is 29.1 Å². The molecule has 0 saturated carbocycles. The van der Waals surface area contributed by atoms with Crippen molar-refractivity contribution in [1.29, 1.82) is 0 Å². The van der Waals surface area contributed by atoms with E-state index in [9.17, 15) is 18.0 Å². The lowest BCUT2D eigenvalue weighted by Crippen LogP contribution is -2.36. The quantitative estimate of drug-likeness (QED) is 0.463. The summed E-state index contributed by atoms with van der Waals surface area (Å²) < 4.78 is 35.7. The first kappa shape index (κ1) is 23.7. The van der Waals surface area contributed by atoms with Gasteiger partial charge >= 0.3 is 5.97 Å². The van der Waals surface area contributed by atoms with Crippen molar-refractivity contribution in [2.75, 3.05) is 57.3 Å². The van der Waals surface area contributed by atoms with E-state index in [0.29, 0.717) is 23.4 Å². The lowest BCUT2D eigenvalue weighted by Gasteiger charge is -2.28. The first-order valence-corrected chi connectivity index (χ1v) is 11.3. The molecule has 10 nitrogen and oxygen atoms in total. The summed E-state index contributed by atoms with van der Waals surface area (Å²) in [5.74, 6) is -1.33. The maximum absolute atomic E-state index is 12.3. The molecule has 2 aromatic rings. The average Bonchev–Trinajstić information content (AvgIpc) is 2.83. The zero-order valence-electron chi connectivity index (χ0n) is 17.8. The maximum atomic E-state index is 12.3. The first-order valence-electron chi connectivity index (χ1n) is 9.84. The second kappa shape index (κ2) is 10.6. The molecule has 0 unspecified atom stereocenters. The Morgan fingerprint density at radius 1 is 1.12 bits per heavy atom. The van der Waals surface area contributed by atoms with Crippen LogP contribution < -0.4 is 10.2 Å². The van der Waals surface area contributed by atoms with Crippen molar-refractivity contribution in [1.82, 2.24) is 4.47 Å². The van der Waals surface area contributed by atoms with E-state index in [0.717, 1.165) is 24.8 Å². The van der Waals surface area contributed by atoms with Gasteiger partial charge in [-0.1, -0.05) is 10.5 Å². The Bertz CT molecular complexity index is 1050. The van der Waals surface area contributed by atoms with E-state index < -0.39 is 28.5 Å². The summed E-state index contributed by atoms with van der Waals surface area (Å²) in [5, 5.41) is 2.66. The average molecular weight is 464 g/mol. The fourth-order valence-corrected chi connectivity index (χ4v) is 4.04. The van der Waals surface area contributed by atoms with E-state index in [1.807, 2.05) is 12.1 Å². The molecular formula is C21H25N3O7S. The SMILES string of the molecule is CON(C)S(=O)(=O)c1cccc(C(=O)OCC(=O)Nc2ccc(N3CCOCC3)cc2)c1. The molecule has 0 spiro atoms. The Morgan fingerprint density at radius 3 is 2.47 bits per heavy atom. The smallest absolute Gasteiger partial charge is 0.338 e. The lowest BCUT2D eigenvalue weighted by atomic mass is 10.2. The molecule has 0 aliphatic carbocycles. The minimum Gasteiger partial charge on any atom is -0.452 e. The first-order chi connectivity index (χ1) is 15.3. The number of hydrogen-bond donors (Lipinski definition) is 1. The molecule has 3 rings (SSSR count). The van der Waals surface area contributed by atoms with Gasteiger partial charge in [0.25, 0.3) is 15.9 Å². The highest BCUT2D eigenvalue weighted by Crippen LogP contribution is 2.19. The fourth-order valence-electron chi connectivity index (χ4n) is 3.02.